The largest absolute Gasteiger partial charge is 0.488 e. The van der Waals surface area contributed by atoms with E-state index in [2.05, 4.69) is 13.5 Å². The fourth-order valence-corrected chi connectivity index (χ4v) is 2.70. The summed E-state index contributed by atoms with van der Waals surface area (Å²) in [6.45, 7) is 5.93. The normalized spacial score (nSPS) is 12.5. The second kappa shape index (κ2) is 6.66. The first-order valence-corrected chi connectivity index (χ1v) is 7.52. The monoisotopic (exact) mass is 288 g/mol. The molecule has 0 bridgehead atoms. The lowest BCUT2D eigenvalue weighted by molar-refractivity contribution is 0.183. The van der Waals surface area contributed by atoms with Crippen molar-refractivity contribution in [3.63, 3.8) is 0 Å². The smallest absolute Gasteiger partial charge is 0.328 e. The number of imidazole rings is 1. The molecular weight excluding hydrogens is 264 g/mol. The van der Waals surface area contributed by atoms with Crippen LogP contribution in [0.5, 0.6) is 5.75 Å². The molecule has 2 rings (SSSR count). The Hall–Kier alpha value is -1.97. The van der Waals surface area contributed by atoms with E-state index in [1.165, 1.54) is 0 Å². The summed E-state index contributed by atoms with van der Waals surface area (Å²) in [7, 11) is 3.58. The highest BCUT2D eigenvalue weighted by molar-refractivity contribution is 5.82. The van der Waals surface area contributed by atoms with Gasteiger partial charge in [0, 0.05) is 14.1 Å². The van der Waals surface area contributed by atoms with E-state index in [9.17, 15) is 4.79 Å². The third kappa shape index (κ3) is 3.04. The number of nitrogens with zero attached hydrogens (tertiary/aromatic N) is 2. The molecule has 4 heteroatoms. The molecule has 0 saturated carbocycles. The summed E-state index contributed by atoms with van der Waals surface area (Å²) in [6, 6.07) is 5.83. The Balaban J connectivity index is 2.39. The Morgan fingerprint density at radius 1 is 1.29 bits per heavy atom. The maximum Gasteiger partial charge on any atom is 0.328 e. The van der Waals surface area contributed by atoms with Gasteiger partial charge < -0.3 is 4.74 Å². The van der Waals surface area contributed by atoms with Crippen molar-refractivity contribution >= 4 is 11.0 Å². The van der Waals surface area contributed by atoms with Crippen LogP contribution in [0.4, 0.5) is 0 Å². The Labute approximate surface area is 125 Å². The minimum absolute atomic E-state index is 0.0285. The van der Waals surface area contributed by atoms with E-state index in [0.29, 0.717) is 0 Å². The zero-order chi connectivity index (χ0) is 15.4. The molecule has 0 spiro atoms. The van der Waals surface area contributed by atoms with E-state index in [1.807, 2.05) is 24.3 Å². The summed E-state index contributed by atoms with van der Waals surface area (Å²) < 4.78 is 9.51. The molecule has 1 atom stereocenters. The van der Waals surface area contributed by atoms with Gasteiger partial charge in [0.2, 0.25) is 0 Å². The molecule has 0 fully saturated rings. The number of hydrogen-bond donors (Lipinski definition) is 0. The van der Waals surface area contributed by atoms with Gasteiger partial charge in [-0.3, -0.25) is 9.13 Å². The van der Waals surface area contributed by atoms with Crippen LogP contribution in [0, 0.1) is 0 Å². The van der Waals surface area contributed by atoms with Gasteiger partial charge >= 0.3 is 5.69 Å². The molecule has 0 aliphatic carbocycles. The Morgan fingerprint density at radius 3 is 2.71 bits per heavy atom. The predicted octanol–water partition coefficient (Wildman–Crippen LogP) is 3.39. The zero-order valence-electron chi connectivity index (χ0n) is 13.1. The van der Waals surface area contributed by atoms with Crippen molar-refractivity contribution in [3.05, 3.63) is 41.3 Å². The van der Waals surface area contributed by atoms with Crippen molar-refractivity contribution in [2.24, 2.45) is 14.1 Å². The van der Waals surface area contributed by atoms with E-state index >= 15 is 0 Å². The average Bonchev–Trinajstić information content (AvgIpc) is 2.71. The van der Waals surface area contributed by atoms with Crippen LogP contribution < -0.4 is 10.4 Å². The molecule has 114 valence electrons. The molecule has 2 aromatic rings. The van der Waals surface area contributed by atoms with Gasteiger partial charge in [0.1, 0.15) is 11.3 Å². The van der Waals surface area contributed by atoms with Gasteiger partial charge in [-0.25, -0.2) is 4.79 Å². The lowest BCUT2D eigenvalue weighted by Gasteiger charge is -2.19. The first-order valence-electron chi connectivity index (χ1n) is 7.52. The van der Waals surface area contributed by atoms with Crippen molar-refractivity contribution in [3.8, 4) is 5.75 Å². The molecule has 0 aliphatic rings. The summed E-state index contributed by atoms with van der Waals surface area (Å²) in [5.41, 5.74) is 1.74. The van der Waals surface area contributed by atoms with E-state index in [4.69, 9.17) is 4.74 Å². The second-order valence-corrected chi connectivity index (χ2v) is 5.42. The van der Waals surface area contributed by atoms with E-state index in [0.717, 1.165) is 42.5 Å². The first-order chi connectivity index (χ1) is 10.1. The van der Waals surface area contributed by atoms with Crippen LogP contribution in [-0.2, 0) is 14.1 Å². The van der Waals surface area contributed by atoms with Gasteiger partial charge in [0.25, 0.3) is 0 Å². The highest BCUT2D eigenvalue weighted by Gasteiger charge is 2.15. The fourth-order valence-electron chi connectivity index (χ4n) is 2.70. The number of ether oxygens (including phenoxy) is 1. The molecule has 0 N–H and O–H groups in total. The number of para-hydroxylation sites is 1. The number of allylic oxidation sites excluding steroid dienone is 1. The highest BCUT2D eigenvalue weighted by atomic mass is 16.5. The van der Waals surface area contributed by atoms with Gasteiger partial charge in [0.05, 0.1) is 11.6 Å². The molecular formula is C17H24N2O2. The van der Waals surface area contributed by atoms with Crippen molar-refractivity contribution in [2.45, 2.75) is 38.7 Å². The maximum atomic E-state index is 12.1. The topological polar surface area (TPSA) is 36.2 Å². The summed E-state index contributed by atoms with van der Waals surface area (Å²) >= 11 is 0. The fraction of sp³-hybridized carbons (Fsp3) is 0.471. The second-order valence-electron chi connectivity index (χ2n) is 5.42. The molecule has 4 nitrogen and oxygen atoms in total. The third-order valence-electron chi connectivity index (χ3n) is 3.85. The zero-order valence-corrected chi connectivity index (χ0v) is 13.1. The Bertz CT molecular complexity index is 682. The summed E-state index contributed by atoms with van der Waals surface area (Å²) in [4.78, 5) is 12.1. The minimum atomic E-state index is -0.0285. The van der Waals surface area contributed by atoms with Crippen LogP contribution >= 0.6 is 0 Å². The quantitative estimate of drug-likeness (QED) is 0.732. The number of benzene rings is 1. The predicted molar refractivity (Wildman–Crippen MR) is 86.9 cm³/mol. The van der Waals surface area contributed by atoms with Gasteiger partial charge in [0.15, 0.2) is 0 Å². The van der Waals surface area contributed by atoms with Crippen LogP contribution in [0.25, 0.3) is 11.0 Å². The van der Waals surface area contributed by atoms with Crippen molar-refractivity contribution in [1.29, 1.82) is 0 Å². The van der Waals surface area contributed by atoms with E-state index < -0.39 is 0 Å². The highest BCUT2D eigenvalue weighted by Crippen LogP contribution is 2.26. The summed E-state index contributed by atoms with van der Waals surface area (Å²) in [5, 5.41) is 0. The molecule has 1 aromatic heterocycles. The number of hydrogen-bond acceptors (Lipinski definition) is 2. The summed E-state index contributed by atoms with van der Waals surface area (Å²) in [6.07, 6.45) is 6.05. The number of rotatable bonds is 7. The Kier molecular flexibility index (Phi) is 4.89. The number of fused-ring (bicyclic) bond motifs is 1. The van der Waals surface area contributed by atoms with Crippen molar-refractivity contribution < 1.29 is 4.74 Å². The molecule has 1 aromatic carbocycles. The lowest BCUT2D eigenvalue weighted by atomic mass is 10.1. The standard InChI is InChI=1S/C17H24N2O2/c1-5-7-10-13(9-6-2)21-15-12-8-11-14-16(15)19(4)17(20)18(14)3/h5,8,11-13H,1,6-7,9-10H2,2-4H3. The molecule has 0 saturated heterocycles. The van der Waals surface area contributed by atoms with E-state index in [-0.39, 0.29) is 11.8 Å². The minimum Gasteiger partial charge on any atom is -0.488 e. The SMILES string of the molecule is C=CCCC(CCC)Oc1cccc2c1n(C)c(=O)n2C. The van der Waals surface area contributed by atoms with Gasteiger partial charge in [-0.1, -0.05) is 25.5 Å². The summed E-state index contributed by atoms with van der Waals surface area (Å²) in [5.74, 6) is 0.787. The van der Waals surface area contributed by atoms with Crippen LogP contribution in [0.15, 0.2) is 35.6 Å². The number of aryl methyl sites for hydroxylation is 2. The van der Waals surface area contributed by atoms with Crippen LogP contribution in [-0.4, -0.2) is 15.2 Å². The van der Waals surface area contributed by atoms with Gasteiger partial charge in [-0.2, -0.15) is 0 Å². The van der Waals surface area contributed by atoms with Crippen LogP contribution in [0.2, 0.25) is 0 Å². The maximum absolute atomic E-state index is 12.1. The first kappa shape index (κ1) is 15.4. The molecule has 1 unspecified atom stereocenters. The molecule has 0 radical (unpaired) electrons. The molecule has 0 amide bonds. The Morgan fingerprint density at radius 2 is 2.05 bits per heavy atom. The molecule has 21 heavy (non-hydrogen) atoms. The van der Waals surface area contributed by atoms with Crippen LogP contribution in [0.1, 0.15) is 32.6 Å². The van der Waals surface area contributed by atoms with Crippen molar-refractivity contribution in [2.75, 3.05) is 0 Å². The number of aromatic nitrogens is 2. The van der Waals surface area contributed by atoms with Gasteiger partial charge in [-0.15, -0.1) is 6.58 Å². The molecule has 1 heterocycles. The van der Waals surface area contributed by atoms with E-state index in [1.54, 1.807) is 23.2 Å². The molecule has 0 aliphatic heterocycles. The average molecular weight is 288 g/mol. The van der Waals surface area contributed by atoms with Gasteiger partial charge in [-0.05, 0) is 31.4 Å². The lowest BCUT2D eigenvalue weighted by Crippen LogP contribution is -2.20. The van der Waals surface area contributed by atoms with Crippen LogP contribution in [0.3, 0.4) is 0 Å². The third-order valence-corrected chi connectivity index (χ3v) is 3.85. The van der Waals surface area contributed by atoms with Crippen molar-refractivity contribution in [1.82, 2.24) is 9.13 Å².